The number of rotatable bonds is 6. The highest BCUT2D eigenvalue weighted by molar-refractivity contribution is 6.23. The summed E-state index contributed by atoms with van der Waals surface area (Å²) in [4.78, 5) is 0. The molecule has 0 saturated carbocycles. The van der Waals surface area contributed by atoms with Gasteiger partial charge in [-0.15, -0.1) is 0 Å². The second kappa shape index (κ2) is 22.3. The standard InChI is InChI=1S/2C49H34/c1-49(2)45-29-27-35(30-44(45)43-28-26-32-13-4-6-16-38(32)48(43)49)47-41-19-9-7-17-39(41)46(40-18-8-10-20-42(40)47)34-24-22-33(23-25-34)37-21-11-14-31-12-3-5-15-36(31)37;1-49(2)45-27-25-37(30-44(45)43-26-24-32-13-5-6-17-38(32)48(43)49)47-41-20-9-7-18-39(41)46(40-19-8-10-21-42(40)47)36-16-11-15-34(29-36)35-23-22-31-12-3-4-14-33(31)28-35/h2*3-30H,1-2H3. The van der Waals surface area contributed by atoms with E-state index in [4.69, 9.17) is 0 Å². The average molecular weight is 1250 g/mol. The zero-order valence-corrected chi connectivity index (χ0v) is 55.3. The summed E-state index contributed by atoms with van der Waals surface area (Å²) >= 11 is 0. The highest BCUT2D eigenvalue weighted by Crippen LogP contribution is 2.56. The van der Waals surface area contributed by atoms with E-state index in [0.717, 1.165) is 0 Å². The quantitative estimate of drug-likeness (QED) is 0.146. The van der Waals surface area contributed by atoms with Crippen molar-refractivity contribution in [1.29, 1.82) is 0 Å². The second-order valence-corrected chi connectivity index (χ2v) is 28.1. The highest BCUT2D eigenvalue weighted by Gasteiger charge is 2.39. The van der Waals surface area contributed by atoms with E-state index in [1.165, 1.54) is 197 Å². The molecule has 0 aromatic heterocycles. The zero-order valence-electron chi connectivity index (χ0n) is 55.3. The summed E-state index contributed by atoms with van der Waals surface area (Å²) in [5.74, 6) is 0. The third kappa shape index (κ3) is 8.91. The van der Waals surface area contributed by atoms with E-state index >= 15 is 0 Å². The topological polar surface area (TPSA) is 0 Å². The van der Waals surface area contributed by atoms with Crippen LogP contribution in [0.25, 0.3) is 175 Å². The van der Waals surface area contributed by atoms with Gasteiger partial charge in [-0.25, -0.2) is 0 Å². The molecule has 0 saturated heterocycles. The molecule has 0 heteroatoms. The van der Waals surface area contributed by atoms with E-state index in [-0.39, 0.29) is 10.8 Å². The number of fused-ring (bicyclic) bond motifs is 16. The molecule has 2 aliphatic carbocycles. The maximum Gasteiger partial charge on any atom is 0.0165 e. The normalized spacial score (nSPS) is 13.3. The molecule has 0 amide bonds. The van der Waals surface area contributed by atoms with Crippen molar-refractivity contribution in [3.05, 3.63) is 362 Å². The lowest BCUT2D eigenvalue weighted by Crippen LogP contribution is -2.15. The zero-order chi connectivity index (χ0) is 65.4. The molecule has 0 atom stereocenters. The van der Waals surface area contributed by atoms with Gasteiger partial charge in [0.15, 0.2) is 0 Å². The molecule has 0 heterocycles. The van der Waals surface area contributed by atoms with Crippen LogP contribution in [-0.2, 0) is 10.8 Å². The fourth-order valence-electron chi connectivity index (χ4n) is 17.6. The third-order valence-electron chi connectivity index (χ3n) is 22.0. The summed E-state index contributed by atoms with van der Waals surface area (Å²) in [7, 11) is 0. The smallest absolute Gasteiger partial charge is 0.0165 e. The van der Waals surface area contributed by atoms with Crippen molar-refractivity contribution >= 4 is 86.2 Å². The van der Waals surface area contributed by atoms with E-state index in [1.54, 1.807) is 0 Å². The van der Waals surface area contributed by atoms with Crippen LogP contribution < -0.4 is 0 Å². The fourth-order valence-corrected chi connectivity index (χ4v) is 17.6. The lowest BCUT2D eigenvalue weighted by atomic mass is 9.80. The Morgan fingerprint density at radius 1 is 0.163 bits per heavy atom. The van der Waals surface area contributed by atoms with Crippen LogP contribution in [0.1, 0.15) is 49.9 Å². The fraction of sp³-hybridized carbons (Fsp3) is 0.0612. The van der Waals surface area contributed by atoms with Crippen molar-refractivity contribution < 1.29 is 0 Å². The minimum atomic E-state index is -0.0753. The third-order valence-corrected chi connectivity index (χ3v) is 22.0. The molecule has 0 bridgehead atoms. The Bertz CT molecular complexity index is 6230. The number of hydrogen-bond donors (Lipinski definition) is 0. The van der Waals surface area contributed by atoms with Crippen molar-refractivity contribution in [2.24, 2.45) is 0 Å². The number of hydrogen-bond acceptors (Lipinski definition) is 0. The van der Waals surface area contributed by atoms with Crippen LogP contribution in [0.5, 0.6) is 0 Å². The molecule has 460 valence electrons. The van der Waals surface area contributed by atoms with Gasteiger partial charge in [-0.05, 0) is 222 Å². The summed E-state index contributed by atoms with van der Waals surface area (Å²) in [5, 5.41) is 20.6. The van der Waals surface area contributed by atoms with Crippen LogP contribution in [0.2, 0.25) is 0 Å². The molecule has 0 radical (unpaired) electrons. The molecule has 0 nitrogen and oxygen atoms in total. The molecule has 20 rings (SSSR count). The van der Waals surface area contributed by atoms with Crippen molar-refractivity contribution in [3.63, 3.8) is 0 Å². The van der Waals surface area contributed by atoms with E-state index in [0.29, 0.717) is 0 Å². The first-order valence-corrected chi connectivity index (χ1v) is 34.5. The Morgan fingerprint density at radius 2 is 0.469 bits per heavy atom. The number of benzene rings is 18. The van der Waals surface area contributed by atoms with E-state index in [9.17, 15) is 0 Å². The van der Waals surface area contributed by atoms with Gasteiger partial charge in [-0.2, -0.15) is 0 Å². The lowest BCUT2D eigenvalue weighted by Gasteiger charge is -2.23. The molecular weight excluding hydrogens is 1180 g/mol. The first-order valence-electron chi connectivity index (χ1n) is 34.5. The van der Waals surface area contributed by atoms with Gasteiger partial charge in [0, 0.05) is 10.8 Å². The van der Waals surface area contributed by atoms with Crippen molar-refractivity contribution in [2.45, 2.75) is 38.5 Å². The first kappa shape index (κ1) is 57.5. The largest absolute Gasteiger partial charge is 0.0616 e. The summed E-state index contributed by atoms with van der Waals surface area (Å²) in [5.41, 5.74) is 26.1. The summed E-state index contributed by atoms with van der Waals surface area (Å²) < 4.78 is 0. The van der Waals surface area contributed by atoms with Gasteiger partial charge in [0.1, 0.15) is 0 Å². The molecule has 0 N–H and O–H groups in total. The van der Waals surface area contributed by atoms with Gasteiger partial charge < -0.3 is 0 Å². The van der Waals surface area contributed by atoms with Gasteiger partial charge in [-0.3, -0.25) is 0 Å². The van der Waals surface area contributed by atoms with Crippen LogP contribution in [0.3, 0.4) is 0 Å². The highest BCUT2D eigenvalue weighted by atomic mass is 14.4. The Balaban J connectivity index is 0.000000137. The van der Waals surface area contributed by atoms with Crippen molar-refractivity contribution in [2.75, 3.05) is 0 Å². The molecule has 0 fully saturated rings. The average Bonchev–Trinajstić information content (AvgIpc) is 1.51. The van der Waals surface area contributed by atoms with Crippen molar-refractivity contribution in [3.8, 4) is 89.0 Å². The van der Waals surface area contributed by atoms with Crippen LogP contribution >= 0.6 is 0 Å². The molecule has 98 heavy (non-hydrogen) atoms. The summed E-state index contributed by atoms with van der Waals surface area (Å²) in [6, 6.07) is 126. The first-order chi connectivity index (χ1) is 48.1. The molecule has 0 unspecified atom stereocenters. The molecular formula is C98H68. The van der Waals surface area contributed by atoms with Gasteiger partial charge in [0.2, 0.25) is 0 Å². The Morgan fingerprint density at radius 3 is 0.939 bits per heavy atom. The Labute approximate surface area is 572 Å². The maximum atomic E-state index is 2.46. The van der Waals surface area contributed by atoms with Crippen LogP contribution in [0, 0.1) is 0 Å². The minimum absolute atomic E-state index is 0.0732. The molecule has 2 aliphatic rings. The van der Waals surface area contributed by atoms with Gasteiger partial charge >= 0.3 is 0 Å². The van der Waals surface area contributed by atoms with Gasteiger partial charge in [0.25, 0.3) is 0 Å². The Kier molecular flexibility index (Phi) is 13.1. The SMILES string of the molecule is CC1(C)c2ccc(-c3c4ccccc4c(-c4ccc(-c5cccc6ccccc56)cc4)c4ccccc34)cc2-c2ccc3ccccc3c21.CC1(C)c2ccc(-c3c4ccccc4c(-c4cccc(-c5ccc6ccccc6c5)c4)c4ccccc34)cc2-c2ccc3ccccc3c21. The summed E-state index contributed by atoms with van der Waals surface area (Å²) in [6.07, 6.45) is 0. The predicted molar refractivity (Wildman–Crippen MR) is 421 cm³/mol. The molecule has 0 spiro atoms. The summed E-state index contributed by atoms with van der Waals surface area (Å²) in [6.45, 7) is 9.54. The van der Waals surface area contributed by atoms with E-state index in [2.05, 4.69) is 367 Å². The van der Waals surface area contributed by atoms with Gasteiger partial charge in [-0.1, -0.05) is 343 Å². The molecule has 0 aliphatic heterocycles. The molecule has 18 aromatic rings. The predicted octanol–water partition coefficient (Wildman–Crippen LogP) is 27.2. The van der Waals surface area contributed by atoms with Crippen molar-refractivity contribution in [1.82, 2.24) is 0 Å². The van der Waals surface area contributed by atoms with Crippen LogP contribution in [-0.4, -0.2) is 0 Å². The van der Waals surface area contributed by atoms with Crippen LogP contribution in [0.15, 0.2) is 340 Å². The van der Waals surface area contributed by atoms with E-state index < -0.39 is 0 Å². The maximum absolute atomic E-state index is 2.46. The van der Waals surface area contributed by atoms with Crippen LogP contribution in [0.4, 0.5) is 0 Å². The Hall–Kier alpha value is -12.0. The lowest BCUT2D eigenvalue weighted by molar-refractivity contribution is 0.666. The van der Waals surface area contributed by atoms with E-state index in [1.807, 2.05) is 0 Å². The monoisotopic (exact) mass is 1240 g/mol. The molecule has 18 aromatic carbocycles. The van der Waals surface area contributed by atoms with Gasteiger partial charge in [0.05, 0.1) is 0 Å². The second-order valence-electron chi connectivity index (χ2n) is 28.1. The minimum Gasteiger partial charge on any atom is -0.0616 e.